The molecule has 0 aliphatic heterocycles. The van der Waals surface area contributed by atoms with Crippen LogP contribution in [-0.4, -0.2) is 0 Å². The summed E-state index contributed by atoms with van der Waals surface area (Å²) in [6.45, 7) is 6.12. The normalized spacial score (nSPS) is 6.89. The quantitative estimate of drug-likeness (QED) is 0.402. The molecule has 0 aliphatic rings. The average Bonchev–Trinajstić information content (AvgIpc) is 1.86. The van der Waals surface area contributed by atoms with Crippen LogP contribution in [0.15, 0.2) is 0 Å². The topological polar surface area (TPSA) is 0 Å². The second-order valence-corrected chi connectivity index (χ2v) is 2.00. The lowest BCUT2D eigenvalue weighted by atomic mass is 10.2. The molecule has 0 saturated heterocycles. The Morgan fingerprint density at radius 1 is 1.11 bits per heavy atom. The number of hydrogen-bond acceptors (Lipinski definition) is 0. The first kappa shape index (κ1) is 11.4. The van der Waals surface area contributed by atoms with Crippen molar-refractivity contribution >= 4 is 0 Å². The number of rotatable bonds is 3. The second-order valence-electron chi connectivity index (χ2n) is 2.00. The average molecular weight is 126 g/mol. The van der Waals surface area contributed by atoms with Crippen molar-refractivity contribution < 1.29 is 0 Å². The molecule has 0 fully saturated rings. The van der Waals surface area contributed by atoms with Crippen molar-refractivity contribution in [2.45, 2.75) is 46.5 Å². The van der Waals surface area contributed by atoms with Gasteiger partial charge in [0.25, 0.3) is 0 Å². The summed E-state index contributed by atoms with van der Waals surface area (Å²) in [5, 5.41) is 0. The Balaban J connectivity index is 0. The summed E-state index contributed by atoms with van der Waals surface area (Å²) in [6.07, 6.45) is 10.1. The lowest BCUT2D eigenvalue weighted by molar-refractivity contribution is 0.702. The van der Waals surface area contributed by atoms with E-state index in [9.17, 15) is 0 Å². The van der Waals surface area contributed by atoms with Crippen LogP contribution in [0.2, 0.25) is 0 Å². The maximum Gasteiger partial charge on any atom is -0.00297 e. The molecule has 0 aromatic carbocycles. The minimum atomic E-state index is 1.36. The van der Waals surface area contributed by atoms with Crippen LogP contribution in [0.1, 0.15) is 46.5 Å². The highest BCUT2D eigenvalue weighted by Gasteiger charge is 1.75. The van der Waals surface area contributed by atoms with Crippen LogP contribution in [0.3, 0.4) is 0 Å². The number of unbranched alkanes of at least 4 members (excludes halogenated alkanes) is 3. The minimum Gasteiger partial charge on any atom is -0.120 e. The Kier molecular flexibility index (Phi) is 19.8. The molecule has 0 heteroatoms. The van der Waals surface area contributed by atoms with E-state index in [1.807, 2.05) is 0 Å². The van der Waals surface area contributed by atoms with E-state index in [1.54, 1.807) is 6.92 Å². The van der Waals surface area contributed by atoms with E-state index in [0.29, 0.717) is 0 Å². The van der Waals surface area contributed by atoms with E-state index in [2.05, 4.69) is 26.2 Å². The first-order chi connectivity index (χ1) is 4.33. The van der Waals surface area contributed by atoms with Crippen molar-refractivity contribution in [1.29, 1.82) is 0 Å². The molecule has 0 spiro atoms. The van der Waals surface area contributed by atoms with Crippen molar-refractivity contribution in [1.82, 2.24) is 0 Å². The van der Waals surface area contributed by atoms with Gasteiger partial charge in [0.2, 0.25) is 0 Å². The van der Waals surface area contributed by atoms with Crippen LogP contribution >= 0.6 is 0 Å². The van der Waals surface area contributed by atoms with E-state index in [0.717, 1.165) is 0 Å². The molecule has 0 atom stereocenters. The number of terminal acetylenes is 1. The predicted octanol–water partition coefficient (Wildman–Crippen LogP) is 3.23. The lowest BCUT2D eigenvalue weighted by Gasteiger charge is -1.86. The Bertz CT molecular complexity index is 52.9. The SMILES string of the molecule is C#CC.CCCCCC. The van der Waals surface area contributed by atoms with Crippen LogP contribution in [-0.2, 0) is 0 Å². The van der Waals surface area contributed by atoms with Crippen molar-refractivity contribution in [3.8, 4) is 12.3 Å². The molecule has 0 aromatic heterocycles. The van der Waals surface area contributed by atoms with E-state index < -0.39 is 0 Å². The van der Waals surface area contributed by atoms with Crippen LogP contribution in [0.25, 0.3) is 0 Å². The fraction of sp³-hybridized carbons (Fsp3) is 0.778. The zero-order valence-electron chi connectivity index (χ0n) is 6.91. The third-order valence-corrected chi connectivity index (χ3v) is 0.957. The Morgan fingerprint density at radius 3 is 1.44 bits per heavy atom. The van der Waals surface area contributed by atoms with Crippen molar-refractivity contribution in [2.24, 2.45) is 0 Å². The van der Waals surface area contributed by atoms with Gasteiger partial charge in [-0.05, 0) is 6.92 Å². The molecule has 54 valence electrons. The van der Waals surface area contributed by atoms with Gasteiger partial charge in [-0.1, -0.05) is 39.5 Å². The third-order valence-electron chi connectivity index (χ3n) is 0.957. The molecule has 0 unspecified atom stereocenters. The zero-order chi connectivity index (χ0) is 7.54. The van der Waals surface area contributed by atoms with E-state index in [4.69, 9.17) is 0 Å². The highest BCUT2D eigenvalue weighted by molar-refractivity contribution is 4.73. The van der Waals surface area contributed by atoms with Gasteiger partial charge in [0, 0.05) is 0 Å². The van der Waals surface area contributed by atoms with Gasteiger partial charge >= 0.3 is 0 Å². The summed E-state index contributed by atoms with van der Waals surface area (Å²) in [4.78, 5) is 0. The van der Waals surface area contributed by atoms with Crippen molar-refractivity contribution in [3.63, 3.8) is 0 Å². The van der Waals surface area contributed by atoms with Gasteiger partial charge in [-0.3, -0.25) is 0 Å². The van der Waals surface area contributed by atoms with Gasteiger partial charge < -0.3 is 0 Å². The fourth-order valence-electron chi connectivity index (χ4n) is 0.500. The summed E-state index contributed by atoms with van der Waals surface area (Å²) in [6, 6.07) is 0. The number of hydrogen-bond donors (Lipinski definition) is 0. The maximum atomic E-state index is 4.60. The van der Waals surface area contributed by atoms with Gasteiger partial charge in [-0.25, -0.2) is 0 Å². The second kappa shape index (κ2) is 15.6. The molecule has 0 rings (SSSR count). The van der Waals surface area contributed by atoms with Crippen molar-refractivity contribution in [3.05, 3.63) is 0 Å². The summed E-state index contributed by atoms with van der Waals surface area (Å²) < 4.78 is 0. The molecule has 0 amide bonds. The molecule has 9 heavy (non-hydrogen) atoms. The lowest BCUT2D eigenvalue weighted by Crippen LogP contribution is -1.66. The van der Waals surface area contributed by atoms with E-state index >= 15 is 0 Å². The largest absolute Gasteiger partial charge is 0.120 e. The van der Waals surface area contributed by atoms with Gasteiger partial charge in [0.15, 0.2) is 0 Å². The third kappa shape index (κ3) is 35.7. The highest BCUT2D eigenvalue weighted by atomic mass is 13.8. The first-order valence-electron chi connectivity index (χ1n) is 3.70. The molecule has 0 radical (unpaired) electrons. The molecule has 0 heterocycles. The smallest absolute Gasteiger partial charge is 0.00297 e. The van der Waals surface area contributed by atoms with Gasteiger partial charge in [-0.15, -0.1) is 12.3 Å². The summed E-state index contributed by atoms with van der Waals surface area (Å²) in [5.41, 5.74) is 0. The van der Waals surface area contributed by atoms with Crippen molar-refractivity contribution in [2.75, 3.05) is 0 Å². The first-order valence-corrected chi connectivity index (χ1v) is 3.70. The summed E-state index contributed by atoms with van der Waals surface area (Å²) >= 11 is 0. The van der Waals surface area contributed by atoms with E-state index in [1.165, 1.54) is 25.7 Å². The van der Waals surface area contributed by atoms with E-state index in [-0.39, 0.29) is 0 Å². The fourth-order valence-corrected chi connectivity index (χ4v) is 0.500. The molecule has 0 nitrogen and oxygen atoms in total. The van der Waals surface area contributed by atoms with Crippen LogP contribution in [0.4, 0.5) is 0 Å². The molecule has 0 aliphatic carbocycles. The Morgan fingerprint density at radius 2 is 1.33 bits per heavy atom. The minimum absolute atomic E-state index is 1.36. The molecular formula is C9H18. The molecule has 0 aromatic rings. The van der Waals surface area contributed by atoms with Gasteiger partial charge in [0.1, 0.15) is 0 Å². The van der Waals surface area contributed by atoms with Gasteiger partial charge in [0.05, 0.1) is 0 Å². The molecule has 0 saturated carbocycles. The van der Waals surface area contributed by atoms with Crippen LogP contribution in [0, 0.1) is 12.3 Å². The molecule has 0 N–H and O–H groups in total. The standard InChI is InChI=1S/C6H14.C3H4/c1-3-5-6-4-2;1-3-2/h3-6H2,1-2H3;1H,2H3. The molecule has 0 bridgehead atoms. The highest BCUT2D eigenvalue weighted by Crippen LogP contribution is 1.95. The van der Waals surface area contributed by atoms with Gasteiger partial charge in [-0.2, -0.15) is 0 Å². The predicted molar refractivity (Wildman–Crippen MR) is 44.3 cm³/mol. The Hall–Kier alpha value is -0.440. The Labute approximate surface area is 59.7 Å². The van der Waals surface area contributed by atoms with Crippen LogP contribution < -0.4 is 0 Å². The zero-order valence-corrected chi connectivity index (χ0v) is 6.91. The summed E-state index contributed by atoms with van der Waals surface area (Å²) in [5.74, 6) is 2.25. The summed E-state index contributed by atoms with van der Waals surface area (Å²) in [7, 11) is 0. The monoisotopic (exact) mass is 126 g/mol. The van der Waals surface area contributed by atoms with Crippen LogP contribution in [0.5, 0.6) is 0 Å². The molecular weight excluding hydrogens is 108 g/mol. The maximum absolute atomic E-state index is 4.60.